The van der Waals surface area contributed by atoms with E-state index in [0.29, 0.717) is 0 Å². The molecule has 0 atom stereocenters. The van der Waals surface area contributed by atoms with Crippen LogP contribution in [0, 0.1) is 10.1 Å². The van der Waals surface area contributed by atoms with Gasteiger partial charge in [-0.3, -0.25) is 25.2 Å². The number of carbonyl (C=O) groups is 2. The quantitative estimate of drug-likeness (QED) is 0.309. The summed E-state index contributed by atoms with van der Waals surface area (Å²) in [6.45, 7) is 0. The number of imidazole rings is 1. The van der Waals surface area contributed by atoms with Gasteiger partial charge in [-0.1, -0.05) is 24.3 Å². The van der Waals surface area contributed by atoms with Crippen molar-refractivity contribution in [1.29, 1.82) is 0 Å². The minimum atomic E-state index is -0.778. The highest BCUT2D eigenvalue weighted by Gasteiger charge is 2.21. The molecule has 2 N–H and O–H groups in total. The third kappa shape index (κ3) is 3.34. The van der Waals surface area contributed by atoms with Gasteiger partial charge in [-0.05, 0) is 11.5 Å². The second-order valence-electron chi connectivity index (χ2n) is 6.09. The Morgan fingerprint density at radius 1 is 1.17 bits per heavy atom. The summed E-state index contributed by atoms with van der Waals surface area (Å²) in [5.41, 5.74) is 0.127. The Bertz CT molecular complexity index is 1300. The highest BCUT2D eigenvalue weighted by molar-refractivity contribution is 6.06. The number of aromatic nitrogens is 3. The average molecular weight is 391 g/mol. The molecule has 2 aromatic heterocycles. The normalized spacial score (nSPS) is 10.8. The van der Waals surface area contributed by atoms with E-state index in [4.69, 9.17) is 0 Å². The van der Waals surface area contributed by atoms with Crippen LogP contribution < -0.4 is 5.32 Å². The molecule has 10 heteroatoms. The predicted octanol–water partition coefficient (Wildman–Crippen LogP) is 3.06. The van der Waals surface area contributed by atoms with Gasteiger partial charge in [-0.2, -0.15) is 0 Å². The minimum Gasteiger partial charge on any atom is -0.465 e. The highest BCUT2D eigenvalue weighted by Crippen LogP contribution is 2.26. The van der Waals surface area contributed by atoms with Crippen LogP contribution in [0.4, 0.5) is 11.6 Å². The van der Waals surface area contributed by atoms with Gasteiger partial charge in [0.2, 0.25) is 5.95 Å². The molecule has 4 rings (SSSR count). The summed E-state index contributed by atoms with van der Waals surface area (Å²) in [5.74, 6) is -1.28. The average Bonchev–Trinajstić information content (AvgIpc) is 3.14. The first-order chi connectivity index (χ1) is 14.0. The van der Waals surface area contributed by atoms with Crippen molar-refractivity contribution in [1.82, 2.24) is 15.0 Å². The Morgan fingerprint density at radius 2 is 1.93 bits per heavy atom. The van der Waals surface area contributed by atoms with Gasteiger partial charge in [0.05, 0.1) is 23.1 Å². The molecule has 0 aliphatic rings. The van der Waals surface area contributed by atoms with Crippen LogP contribution in [-0.2, 0) is 4.74 Å². The zero-order valence-corrected chi connectivity index (χ0v) is 15.0. The Morgan fingerprint density at radius 3 is 2.66 bits per heavy atom. The number of aromatic amines is 1. The van der Waals surface area contributed by atoms with E-state index in [-0.39, 0.29) is 33.9 Å². The Labute approximate surface area is 162 Å². The highest BCUT2D eigenvalue weighted by atomic mass is 16.6. The van der Waals surface area contributed by atoms with Crippen molar-refractivity contribution in [2.45, 2.75) is 0 Å². The lowest BCUT2D eigenvalue weighted by Gasteiger charge is -2.03. The number of nitro benzene ring substituents is 1. The van der Waals surface area contributed by atoms with Crippen molar-refractivity contribution in [2.24, 2.45) is 0 Å². The number of pyridine rings is 1. The summed E-state index contributed by atoms with van der Waals surface area (Å²) < 4.78 is 4.67. The summed E-state index contributed by atoms with van der Waals surface area (Å²) in [6.07, 6.45) is 1.58. The molecular formula is C19H13N5O5. The summed E-state index contributed by atoms with van der Waals surface area (Å²) >= 11 is 0. The Hall–Kier alpha value is -4.34. The van der Waals surface area contributed by atoms with Gasteiger partial charge in [0, 0.05) is 23.7 Å². The van der Waals surface area contributed by atoms with Crippen molar-refractivity contribution in [2.75, 3.05) is 12.4 Å². The van der Waals surface area contributed by atoms with Crippen molar-refractivity contribution in [3.63, 3.8) is 0 Å². The molecule has 29 heavy (non-hydrogen) atoms. The van der Waals surface area contributed by atoms with Gasteiger partial charge in [-0.15, -0.1) is 0 Å². The van der Waals surface area contributed by atoms with E-state index in [2.05, 4.69) is 25.0 Å². The van der Waals surface area contributed by atoms with Crippen LogP contribution in [0.15, 0.2) is 48.7 Å². The van der Waals surface area contributed by atoms with Gasteiger partial charge in [-0.25, -0.2) is 9.78 Å². The molecule has 10 nitrogen and oxygen atoms in total. The lowest BCUT2D eigenvalue weighted by molar-refractivity contribution is -0.384. The van der Waals surface area contributed by atoms with Gasteiger partial charge in [0.1, 0.15) is 11.2 Å². The van der Waals surface area contributed by atoms with Crippen molar-refractivity contribution >= 4 is 45.3 Å². The monoisotopic (exact) mass is 391 g/mol. The molecule has 0 saturated heterocycles. The predicted molar refractivity (Wildman–Crippen MR) is 104 cm³/mol. The minimum absolute atomic E-state index is 0.0191. The molecule has 0 saturated carbocycles. The van der Waals surface area contributed by atoms with E-state index >= 15 is 0 Å². The molecule has 2 heterocycles. The molecule has 4 aromatic rings. The van der Waals surface area contributed by atoms with Crippen LogP contribution in [-0.4, -0.2) is 38.9 Å². The number of nitro groups is 1. The summed E-state index contributed by atoms with van der Waals surface area (Å²) in [6, 6.07) is 11.4. The second kappa shape index (κ2) is 7.00. The number of hydrogen-bond acceptors (Lipinski definition) is 7. The van der Waals surface area contributed by atoms with E-state index < -0.39 is 16.8 Å². The third-order valence-corrected chi connectivity index (χ3v) is 4.28. The number of nitrogens with one attached hydrogen (secondary N) is 2. The van der Waals surface area contributed by atoms with Crippen molar-refractivity contribution < 1.29 is 19.2 Å². The zero-order valence-electron chi connectivity index (χ0n) is 15.0. The molecule has 0 fully saturated rings. The molecule has 0 aliphatic carbocycles. The molecule has 0 spiro atoms. The second-order valence-corrected chi connectivity index (χ2v) is 6.09. The van der Waals surface area contributed by atoms with E-state index in [9.17, 15) is 19.7 Å². The molecular weight excluding hydrogens is 378 g/mol. The number of benzene rings is 2. The lowest BCUT2D eigenvalue weighted by Crippen LogP contribution is -2.14. The van der Waals surface area contributed by atoms with Gasteiger partial charge in [0.25, 0.3) is 11.6 Å². The van der Waals surface area contributed by atoms with Gasteiger partial charge < -0.3 is 9.72 Å². The maximum atomic E-state index is 12.6. The molecule has 0 unspecified atom stereocenters. The Balaban J connectivity index is 1.71. The summed E-state index contributed by atoms with van der Waals surface area (Å²) in [7, 11) is 1.16. The van der Waals surface area contributed by atoms with Gasteiger partial charge >= 0.3 is 5.97 Å². The standard InChI is InChI=1S/C19H13N5O5/c1-29-18(26)13-7-12(24(27)28)8-14-16(13)22-19(21-14)23-17(25)15-6-10-4-2-3-5-11(10)9-20-15/h2-9H,1H3,(H2,21,22,23,25). The number of hydrogen-bond donors (Lipinski definition) is 2. The van der Waals surface area contributed by atoms with Crippen molar-refractivity contribution in [3.8, 4) is 0 Å². The molecule has 2 aromatic carbocycles. The first-order valence-electron chi connectivity index (χ1n) is 8.39. The van der Waals surface area contributed by atoms with E-state index in [1.54, 1.807) is 12.3 Å². The molecule has 0 aliphatic heterocycles. The number of rotatable bonds is 4. The molecule has 0 bridgehead atoms. The number of esters is 1. The smallest absolute Gasteiger partial charge is 0.340 e. The number of fused-ring (bicyclic) bond motifs is 2. The van der Waals surface area contributed by atoms with Crippen molar-refractivity contribution in [3.05, 3.63) is 70.0 Å². The maximum Gasteiger partial charge on any atom is 0.340 e. The summed E-state index contributed by atoms with van der Waals surface area (Å²) in [4.78, 5) is 46.1. The largest absolute Gasteiger partial charge is 0.465 e. The number of carbonyl (C=O) groups excluding carboxylic acids is 2. The first-order valence-corrected chi connectivity index (χ1v) is 8.39. The van der Waals surface area contributed by atoms with Gasteiger partial charge in [0.15, 0.2) is 0 Å². The van der Waals surface area contributed by atoms with E-state index in [0.717, 1.165) is 23.9 Å². The van der Waals surface area contributed by atoms with Crippen LogP contribution >= 0.6 is 0 Å². The number of nitrogens with zero attached hydrogens (tertiary/aromatic N) is 3. The van der Waals surface area contributed by atoms with Crippen LogP contribution in [0.25, 0.3) is 21.8 Å². The number of H-pyrrole nitrogens is 1. The Kier molecular flexibility index (Phi) is 4.36. The van der Waals surface area contributed by atoms with Crippen LogP contribution in [0.2, 0.25) is 0 Å². The fraction of sp³-hybridized carbons (Fsp3) is 0.0526. The fourth-order valence-corrected chi connectivity index (χ4v) is 2.91. The summed E-state index contributed by atoms with van der Waals surface area (Å²) in [5, 5.41) is 15.4. The number of amides is 1. The topological polar surface area (TPSA) is 140 Å². The first kappa shape index (κ1) is 18.0. The van der Waals surface area contributed by atoms with E-state index in [1.165, 1.54) is 6.07 Å². The number of methoxy groups -OCH3 is 1. The van der Waals surface area contributed by atoms with Crippen LogP contribution in [0.3, 0.4) is 0 Å². The van der Waals surface area contributed by atoms with Crippen LogP contribution in [0.1, 0.15) is 20.8 Å². The molecule has 144 valence electrons. The third-order valence-electron chi connectivity index (χ3n) is 4.28. The lowest BCUT2D eigenvalue weighted by atomic mass is 10.1. The van der Waals surface area contributed by atoms with Crippen LogP contribution in [0.5, 0.6) is 0 Å². The molecule has 0 radical (unpaired) electrons. The fourth-order valence-electron chi connectivity index (χ4n) is 2.91. The zero-order chi connectivity index (χ0) is 20.5. The molecule has 1 amide bonds. The van der Waals surface area contributed by atoms with E-state index in [1.807, 2.05) is 24.3 Å². The number of non-ortho nitro benzene ring substituents is 1. The SMILES string of the molecule is COC(=O)c1cc([N+](=O)[O-])cc2[nH]c(NC(=O)c3cc4ccccc4cn3)nc12. The number of ether oxygens (including phenoxy) is 1. The number of anilines is 1. The maximum absolute atomic E-state index is 12.6.